The molecule has 0 radical (unpaired) electrons. The van der Waals surface area contributed by atoms with Crippen LogP contribution in [0.1, 0.15) is 57.4 Å². The number of urea groups is 1. The Hall–Kier alpha value is -1.58. The maximum absolute atomic E-state index is 13.7. The Bertz CT molecular complexity index is 637. The molecule has 4 aliphatic rings. The number of carbonyl (C=O) groups is 1. The summed E-state index contributed by atoms with van der Waals surface area (Å²) >= 11 is 0. The predicted molar refractivity (Wildman–Crippen MR) is 98.0 cm³/mol. The lowest BCUT2D eigenvalue weighted by Crippen LogP contribution is -2.57. The number of carbonyl (C=O) groups excluding carboxylic acids is 1. The van der Waals surface area contributed by atoms with Crippen molar-refractivity contribution in [2.75, 3.05) is 5.32 Å². The van der Waals surface area contributed by atoms with Crippen molar-refractivity contribution in [1.82, 2.24) is 5.32 Å². The van der Waals surface area contributed by atoms with Crippen LogP contribution >= 0.6 is 0 Å². The molecule has 4 bridgehead atoms. The fourth-order valence-corrected chi connectivity index (χ4v) is 6.29. The number of nitrogens with one attached hydrogen (secondary N) is 2. The van der Waals surface area contributed by atoms with E-state index in [0.717, 1.165) is 24.2 Å². The van der Waals surface area contributed by atoms with Crippen LogP contribution in [0, 0.1) is 35.9 Å². The van der Waals surface area contributed by atoms with Gasteiger partial charge in [0.15, 0.2) is 0 Å². The molecule has 136 valence electrons. The van der Waals surface area contributed by atoms with Crippen LogP contribution in [0.5, 0.6) is 0 Å². The fraction of sp³-hybridized carbons (Fsp3) is 0.667. The third kappa shape index (κ3) is 3.16. The van der Waals surface area contributed by atoms with Gasteiger partial charge in [-0.05, 0) is 92.7 Å². The SMILES string of the molecule is CC[C@@H](NC(=O)Nc1ccc(C)c(F)c1)C12CC3CC(CC(C3)C1)C2. The molecule has 4 fully saturated rings. The Kier molecular flexibility index (Phi) is 4.25. The number of hydrogen-bond acceptors (Lipinski definition) is 1. The Balaban J connectivity index is 1.45. The molecular formula is C21H29FN2O. The van der Waals surface area contributed by atoms with E-state index in [2.05, 4.69) is 17.6 Å². The van der Waals surface area contributed by atoms with Crippen molar-refractivity contribution >= 4 is 11.7 Å². The molecule has 4 aliphatic carbocycles. The fourth-order valence-electron chi connectivity index (χ4n) is 6.29. The van der Waals surface area contributed by atoms with Crippen LogP contribution in [0.4, 0.5) is 14.9 Å². The lowest BCUT2D eigenvalue weighted by Gasteiger charge is -2.59. The highest BCUT2D eigenvalue weighted by Gasteiger charge is 2.54. The molecule has 25 heavy (non-hydrogen) atoms. The van der Waals surface area contributed by atoms with Gasteiger partial charge in [0.05, 0.1) is 0 Å². The van der Waals surface area contributed by atoms with E-state index in [9.17, 15) is 9.18 Å². The van der Waals surface area contributed by atoms with E-state index in [4.69, 9.17) is 0 Å². The highest BCUT2D eigenvalue weighted by atomic mass is 19.1. The van der Waals surface area contributed by atoms with Crippen molar-refractivity contribution < 1.29 is 9.18 Å². The summed E-state index contributed by atoms with van der Waals surface area (Å²) < 4.78 is 13.7. The third-order valence-electron chi connectivity index (χ3n) is 6.97. The molecule has 0 spiro atoms. The number of benzene rings is 1. The minimum absolute atomic E-state index is 0.203. The van der Waals surface area contributed by atoms with Crippen molar-refractivity contribution in [1.29, 1.82) is 0 Å². The number of aryl methyl sites for hydroxylation is 1. The zero-order chi connectivity index (χ0) is 17.6. The van der Waals surface area contributed by atoms with E-state index < -0.39 is 0 Å². The molecule has 0 unspecified atom stereocenters. The molecule has 0 aromatic heterocycles. The van der Waals surface area contributed by atoms with Crippen molar-refractivity contribution in [2.45, 2.75) is 64.8 Å². The van der Waals surface area contributed by atoms with Crippen molar-refractivity contribution in [2.24, 2.45) is 23.2 Å². The van der Waals surface area contributed by atoms with Crippen LogP contribution in [0.3, 0.4) is 0 Å². The van der Waals surface area contributed by atoms with Gasteiger partial charge in [-0.1, -0.05) is 13.0 Å². The summed E-state index contributed by atoms with van der Waals surface area (Å²) in [7, 11) is 0. The number of amides is 2. The van der Waals surface area contributed by atoms with E-state index in [1.54, 1.807) is 19.1 Å². The van der Waals surface area contributed by atoms with Crippen molar-refractivity contribution in [3.05, 3.63) is 29.6 Å². The monoisotopic (exact) mass is 344 g/mol. The van der Waals surface area contributed by atoms with Crippen LogP contribution < -0.4 is 10.6 Å². The molecule has 2 amide bonds. The largest absolute Gasteiger partial charge is 0.335 e. The minimum atomic E-state index is -0.286. The minimum Gasteiger partial charge on any atom is -0.335 e. The highest BCUT2D eigenvalue weighted by molar-refractivity contribution is 5.89. The predicted octanol–water partition coefficient (Wildman–Crippen LogP) is 5.25. The molecule has 0 aliphatic heterocycles. The second-order valence-electron chi connectivity index (χ2n) is 8.80. The van der Waals surface area contributed by atoms with E-state index in [1.807, 2.05) is 0 Å². The van der Waals surface area contributed by atoms with Crippen LogP contribution in [0.25, 0.3) is 0 Å². The number of halogens is 1. The maximum Gasteiger partial charge on any atom is 0.319 e. The maximum atomic E-state index is 13.7. The first-order valence-corrected chi connectivity index (χ1v) is 9.81. The van der Waals surface area contributed by atoms with Gasteiger partial charge in [-0.15, -0.1) is 0 Å². The smallest absolute Gasteiger partial charge is 0.319 e. The third-order valence-corrected chi connectivity index (χ3v) is 6.97. The van der Waals surface area contributed by atoms with Gasteiger partial charge in [0.2, 0.25) is 0 Å². The summed E-state index contributed by atoms with van der Waals surface area (Å²) in [5.41, 5.74) is 1.39. The summed E-state index contributed by atoms with van der Waals surface area (Å²) in [4.78, 5) is 12.5. The molecule has 4 heteroatoms. The summed E-state index contributed by atoms with van der Waals surface area (Å²) in [6, 6.07) is 4.85. The number of hydrogen-bond donors (Lipinski definition) is 2. The Labute approximate surface area is 149 Å². The van der Waals surface area contributed by atoms with Gasteiger partial charge in [0.1, 0.15) is 5.82 Å². The topological polar surface area (TPSA) is 41.1 Å². The molecule has 1 atom stereocenters. The molecule has 3 nitrogen and oxygen atoms in total. The van der Waals surface area contributed by atoms with E-state index in [1.165, 1.54) is 44.6 Å². The Morgan fingerprint density at radius 3 is 2.32 bits per heavy atom. The van der Waals surface area contributed by atoms with E-state index >= 15 is 0 Å². The van der Waals surface area contributed by atoms with Gasteiger partial charge >= 0.3 is 6.03 Å². The van der Waals surface area contributed by atoms with Gasteiger partial charge in [0.25, 0.3) is 0 Å². The molecule has 1 aromatic rings. The first-order valence-electron chi connectivity index (χ1n) is 9.81. The van der Waals surface area contributed by atoms with Crippen LogP contribution in [0.15, 0.2) is 18.2 Å². The van der Waals surface area contributed by atoms with Gasteiger partial charge in [-0.2, -0.15) is 0 Å². The number of anilines is 1. The van der Waals surface area contributed by atoms with Gasteiger partial charge < -0.3 is 10.6 Å². The summed E-state index contributed by atoms with van der Waals surface area (Å²) in [6.45, 7) is 3.90. The molecule has 4 saturated carbocycles. The molecule has 2 N–H and O–H groups in total. The van der Waals surface area contributed by atoms with E-state index in [0.29, 0.717) is 16.7 Å². The summed E-state index contributed by atoms with van der Waals surface area (Å²) in [6.07, 6.45) is 9.01. The Morgan fingerprint density at radius 1 is 1.20 bits per heavy atom. The lowest BCUT2D eigenvalue weighted by atomic mass is 9.47. The first kappa shape index (κ1) is 16.9. The molecule has 1 aromatic carbocycles. The second-order valence-corrected chi connectivity index (χ2v) is 8.80. The standard InChI is InChI=1S/C21H29FN2O/c1-3-19(21-10-14-6-15(11-21)8-16(7-14)12-21)24-20(25)23-17-5-4-13(2)18(22)9-17/h4-5,9,14-16,19H,3,6-8,10-12H2,1-2H3,(H2,23,24,25)/t14?,15?,16?,19-,21?/m1/s1. The number of rotatable bonds is 4. The molecule has 0 heterocycles. The highest BCUT2D eigenvalue weighted by Crippen LogP contribution is 2.61. The van der Waals surface area contributed by atoms with Crippen LogP contribution in [-0.2, 0) is 0 Å². The average molecular weight is 344 g/mol. The van der Waals surface area contributed by atoms with Crippen LogP contribution in [0.2, 0.25) is 0 Å². The second kappa shape index (κ2) is 6.30. The lowest BCUT2D eigenvalue weighted by molar-refractivity contribution is -0.0719. The van der Waals surface area contributed by atoms with Crippen LogP contribution in [-0.4, -0.2) is 12.1 Å². The molecular weight excluding hydrogens is 315 g/mol. The normalized spacial score (nSPS) is 34.0. The quantitative estimate of drug-likeness (QED) is 0.769. The zero-order valence-corrected chi connectivity index (χ0v) is 15.3. The first-order chi connectivity index (χ1) is 12.0. The van der Waals surface area contributed by atoms with Gasteiger partial charge in [0, 0.05) is 11.7 Å². The Morgan fingerprint density at radius 2 is 1.80 bits per heavy atom. The zero-order valence-electron chi connectivity index (χ0n) is 15.3. The van der Waals surface area contributed by atoms with Gasteiger partial charge in [-0.25, -0.2) is 9.18 Å². The molecule has 5 rings (SSSR count). The summed E-state index contributed by atoms with van der Waals surface area (Å²) in [5, 5.41) is 6.05. The van der Waals surface area contributed by atoms with Crippen molar-refractivity contribution in [3.63, 3.8) is 0 Å². The summed E-state index contributed by atoms with van der Waals surface area (Å²) in [5.74, 6) is 2.33. The average Bonchev–Trinajstić information content (AvgIpc) is 2.54. The molecule has 0 saturated heterocycles. The van der Waals surface area contributed by atoms with Gasteiger partial charge in [-0.3, -0.25) is 0 Å². The van der Waals surface area contributed by atoms with Crippen molar-refractivity contribution in [3.8, 4) is 0 Å². The van der Waals surface area contributed by atoms with E-state index in [-0.39, 0.29) is 17.9 Å².